The van der Waals surface area contributed by atoms with Crippen molar-refractivity contribution in [3.63, 3.8) is 0 Å². The molecule has 0 unspecified atom stereocenters. The number of rotatable bonds is 6. The van der Waals surface area contributed by atoms with Gasteiger partial charge in [0.2, 0.25) is 11.3 Å². The standard InChI is InChI=1S/C15H19N4O3S.ClH/c1-9-13(4-5-22-15(21)10(2)20)23-8-19(9)7-12-6-17-11(3)18-14(12)16;/h6,8H,4-5,7H2,1-3H3,(H2,16,17,18);1H/q+1;/p-1. The molecule has 2 heterocycles. The van der Waals surface area contributed by atoms with Gasteiger partial charge in [-0.15, -0.1) is 0 Å². The van der Waals surface area contributed by atoms with E-state index in [1.54, 1.807) is 24.5 Å². The average molecular weight is 371 g/mol. The lowest BCUT2D eigenvalue weighted by molar-refractivity contribution is -0.689. The number of anilines is 1. The number of nitrogens with two attached hydrogens (primary N) is 1. The topological polar surface area (TPSA) is 99.0 Å². The van der Waals surface area contributed by atoms with Gasteiger partial charge in [0.1, 0.15) is 11.6 Å². The van der Waals surface area contributed by atoms with Gasteiger partial charge in [-0.1, -0.05) is 11.3 Å². The summed E-state index contributed by atoms with van der Waals surface area (Å²) in [6.07, 6.45) is 2.30. The Morgan fingerprint density at radius 1 is 1.38 bits per heavy atom. The average Bonchev–Trinajstić information content (AvgIpc) is 2.83. The van der Waals surface area contributed by atoms with Crippen LogP contribution in [0.1, 0.15) is 28.9 Å². The predicted molar refractivity (Wildman–Crippen MR) is 84.9 cm³/mol. The van der Waals surface area contributed by atoms with E-state index in [9.17, 15) is 9.59 Å². The second-order valence-corrected chi connectivity index (χ2v) is 6.07. The number of aromatic nitrogens is 3. The molecule has 7 nitrogen and oxygen atoms in total. The van der Waals surface area contributed by atoms with Crippen LogP contribution < -0.4 is 22.7 Å². The Balaban J connectivity index is 0.00000288. The van der Waals surface area contributed by atoms with Crippen molar-refractivity contribution in [1.29, 1.82) is 0 Å². The van der Waals surface area contributed by atoms with E-state index in [2.05, 4.69) is 14.5 Å². The minimum Gasteiger partial charge on any atom is -1.00 e. The van der Waals surface area contributed by atoms with E-state index >= 15 is 0 Å². The van der Waals surface area contributed by atoms with Crippen LogP contribution in [-0.2, 0) is 27.3 Å². The smallest absolute Gasteiger partial charge is 0.374 e. The second kappa shape index (κ2) is 8.70. The number of halogens is 1. The van der Waals surface area contributed by atoms with Crippen molar-refractivity contribution in [2.45, 2.75) is 33.7 Å². The van der Waals surface area contributed by atoms with Gasteiger partial charge in [-0.25, -0.2) is 14.8 Å². The van der Waals surface area contributed by atoms with Gasteiger partial charge in [-0.3, -0.25) is 4.79 Å². The van der Waals surface area contributed by atoms with Crippen molar-refractivity contribution in [1.82, 2.24) is 9.97 Å². The van der Waals surface area contributed by atoms with E-state index in [0.717, 1.165) is 16.1 Å². The van der Waals surface area contributed by atoms with E-state index in [4.69, 9.17) is 10.5 Å². The fourth-order valence-electron chi connectivity index (χ4n) is 2.00. The first-order chi connectivity index (χ1) is 10.9. The van der Waals surface area contributed by atoms with Crippen LogP contribution in [-0.4, -0.2) is 28.3 Å². The van der Waals surface area contributed by atoms with Crippen LogP contribution in [0.3, 0.4) is 0 Å². The SMILES string of the molecule is CC(=O)C(=O)OCCc1sc[n+](Cc2cnc(C)nc2N)c1C.[Cl-]. The highest BCUT2D eigenvalue weighted by Crippen LogP contribution is 2.14. The molecule has 0 aliphatic rings. The maximum absolute atomic E-state index is 11.1. The molecule has 9 heteroatoms. The minimum atomic E-state index is -0.795. The van der Waals surface area contributed by atoms with Crippen molar-refractivity contribution >= 4 is 28.9 Å². The summed E-state index contributed by atoms with van der Waals surface area (Å²) < 4.78 is 6.94. The Labute approximate surface area is 150 Å². The highest BCUT2D eigenvalue weighted by Gasteiger charge is 2.18. The Morgan fingerprint density at radius 3 is 2.71 bits per heavy atom. The molecule has 0 saturated carbocycles. The maximum atomic E-state index is 11.1. The highest BCUT2D eigenvalue weighted by molar-refractivity contribution is 7.09. The summed E-state index contributed by atoms with van der Waals surface area (Å²) >= 11 is 1.57. The number of carbonyl (C=O) groups excluding carboxylic acids is 2. The molecule has 2 aromatic rings. The van der Waals surface area contributed by atoms with Crippen LogP contribution >= 0.6 is 11.3 Å². The van der Waals surface area contributed by atoms with Crippen molar-refractivity contribution in [3.05, 3.63) is 33.7 Å². The molecule has 0 atom stereocenters. The number of ketones is 1. The molecule has 0 amide bonds. The Bertz CT molecular complexity index is 748. The van der Waals surface area contributed by atoms with Gasteiger partial charge in [0, 0.05) is 26.5 Å². The van der Waals surface area contributed by atoms with Crippen LogP contribution in [0, 0.1) is 13.8 Å². The lowest BCUT2D eigenvalue weighted by Crippen LogP contribution is -3.00. The third-order valence-corrected chi connectivity index (χ3v) is 4.51. The van der Waals surface area contributed by atoms with E-state index in [1.165, 1.54) is 6.92 Å². The molecule has 130 valence electrons. The van der Waals surface area contributed by atoms with Gasteiger partial charge < -0.3 is 22.9 Å². The molecule has 0 aliphatic carbocycles. The Morgan fingerprint density at radius 2 is 2.08 bits per heavy atom. The van der Waals surface area contributed by atoms with E-state index in [-0.39, 0.29) is 19.0 Å². The summed E-state index contributed by atoms with van der Waals surface area (Å²) in [7, 11) is 0. The largest absolute Gasteiger partial charge is 1.00 e. The van der Waals surface area contributed by atoms with E-state index in [1.807, 2.05) is 12.4 Å². The van der Waals surface area contributed by atoms with Crippen molar-refractivity contribution < 1.29 is 31.3 Å². The number of Topliss-reactive ketones (excluding diaryl/α,β-unsaturated/α-hetero) is 1. The lowest BCUT2D eigenvalue weighted by atomic mass is 10.2. The minimum absolute atomic E-state index is 0. The van der Waals surface area contributed by atoms with E-state index < -0.39 is 11.8 Å². The first-order valence-corrected chi connectivity index (χ1v) is 7.98. The summed E-state index contributed by atoms with van der Waals surface area (Å²) in [4.78, 5) is 31.4. The number of hydrogen-bond acceptors (Lipinski definition) is 7. The number of carbonyl (C=O) groups is 2. The second-order valence-electron chi connectivity index (χ2n) is 5.13. The molecule has 2 N–H and O–H groups in total. The molecule has 0 saturated heterocycles. The van der Waals surface area contributed by atoms with Crippen LogP contribution in [0.2, 0.25) is 0 Å². The van der Waals surface area contributed by atoms with Gasteiger partial charge in [-0.05, 0) is 6.92 Å². The number of nitrogen functional groups attached to an aromatic ring is 1. The van der Waals surface area contributed by atoms with Crippen LogP contribution in [0.15, 0.2) is 11.7 Å². The summed E-state index contributed by atoms with van der Waals surface area (Å²) in [5.74, 6) is -0.256. The number of hydrogen-bond donors (Lipinski definition) is 1. The summed E-state index contributed by atoms with van der Waals surface area (Å²) in [5.41, 5.74) is 9.82. The van der Waals surface area contributed by atoms with Crippen molar-refractivity contribution in [3.8, 4) is 0 Å². The number of esters is 1. The van der Waals surface area contributed by atoms with Crippen LogP contribution in [0.5, 0.6) is 0 Å². The summed E-state index contributed by atoms with van der Waals surface area (Å²) in [6.45, 7) is 5.76. The van der Waals surface area contributed by atoms with Gasteiger partial charge in [0.25, 0.3) is 0 Å². The van der Waals surface area contributed by atoms with Crippen LogP contribution in [0.4, 0.5) is 5.82 Å². The number of aryl methyl sites for hydroxylation is 1. The quantitative estimate of drug-likeness (QED) is 0.350. The van der Waals surface area contributed by atoms with Gasteiger partial charge >= 0.3 is 5.97 Å². The summed E-state index contributed by atoms with van der Waals surface area (Å²) in [6, 6.07) is 0. The van der Waals surface area contributed by atoms with Gasteiger partial charge in [-0.2, -0.15) is 4.57 Å². The molecule has 0 aromatic carbocycles. The maximum Gasteiger partial charge on any atom is 0.374 e. The first-order valence-electron chi connectivity index (χ1n) is 7.10. The Kier molecular flexibility index (Phi) is 7.24. The first kappa shape index (κ1) is 20.0. The Hall–Kier alpha value is -2.06. The molecular formula is C15H19ClN4O3S. The zero-order valence-corrected chi connectivity index (χ0v) is 15.3. The normalized spacial score (nSPS) is 10.1. The van der Waals surface area contributed by atoms with Gasteiger partial charge in [0.05, 0.1) is 17.0 Å². The monoisotopic (exact) mass is 370 g/mol. The fourth-order valence-corrected chi connectivity index (χ4v) is 2.98. The van der Waals surface area contributed by atoms with Crippen LogP contribution in [0.25, 0.3) is 0 Å². The number of thiazole rings is 1. The molecule has 24 heavy (non-hydrogen) atoms. The molecule has 0 bridgehead atoms. The third kappa shape index (κ3) is 4.97. The molecule has 0 spiro atoms. The zero-order valence-electron chi connectivity index (χ0n) is 13.7. The predicted octanol–water partition coefficient (Wildman–Crippen LogP) is -2.25. The number of ether oxygens (including phenoxy) is 1. The van der Waals surface area contributed by atoms with Crippen molar-refractivity contribution in [2.75, 3.05) is 12.3 Å². The summed E-state index contributed by atoms with van der Waals surface area (Å²) in [5, 5.41) is 0. The molecule has 2 aromatic heterocycles. The molecule has 0 fully saturated rings. The molecule has 0 radical (unpaired) electrons. The van der Waals surface area contributed by atoms with Crippen molar-refractivity contribution in [2.24, 2.45) is 0 Å². The molecule has 2 rings (SSSR count). The van der Waals surface area contributed by atoms with E-state index in [0.29, 0.717) is 24.6 Å². The lowest BCUT2D eigenvalue weighted by Gasteiger charge is -2.02. The zero-order chi connectivity index (χ0) is 17.0. The fraction of sp³-hybridized carbons (Fsp3) is 0.400. The number of nitrogens with zero attached hydrogens (tertiary/aromatic N) is 3. The van der Waals surface area contributed by atoms with Gasteiger partial charge in [0.15, 0.2) is 12.2 Å². The molecule has 0 aliphatic heterocycles. The third-order valence-electron chi connectivity index (χ3n) is 3.37. The molecular weight excluding hydrogens is 352 g/mol. The highest BCUT2D eigenvalue weighted by atomic mass is 35.5.